The Bertz CT molecular complexity index is 492. The van der Waals surface area contributed by atoms with E-state index in [0.717, 1.165) is 29.4 Å². The lowest BCUT2D eigenvalue weighted by molar-refractivity contribution is -0.130. The third-order valence-corrected chi connectivity index (χ3v) is 4.35. The Balaban J connectivity index is 1.81. The van der Waals surface area contributed by atoms with Crippen LogP contribution in [0.25, 0.3) is 0 Å². The van der Waals surface area contributed by atoms with Crippen LogP contribution in [0.3, 0.4) is 0 Å². The van der Waals surface area contributed by atoms with Gasteiger partial charge in [-0.3, -0.25) is 4.79 Å². The van der Waals surface area contributed by atoms with E-state index in [9.17, 15) is 4.79 Å². The van der Waals surface area contributed by atoms with Crippen LogP contribution in [0.15, 0.2) is 18.2 Å². The number of halogens is 2. The van der Waals surface area contributed by atoms with Crippen LogP contribution in [0.5, 0.6) is 0 Å². The van der Waals surface area contributed by atoms with Gasteiger partial charge in [0.15, 0.2) is 0 Å². The molecule has 4 nitrogen and oxygen atoms in total. The lowest BCUT2D eigenvalue weighted by atomic mass is 10.1. The van der Waals surface area contributed by atoms with Crippen LogP contribution in [-0.2, 0) is 14.3 Å². The normalized spacial score (nSPS) is 20.0. The van der Waals surface area contributed by atoms with Crippen LogP contribution in [0, 0.1) is 3.57 Å². The first-order chi connectivity index (χ1) is 10.1. The SMILES string of the molecule is CC(OCC1CCCCO1)C(=O)Nc1ccc(I)cc1Cl. The van der Waals surface area contributed by atoms with Crippen molar-refractivity contribution in [3.05, 3.63) is 26.8 Å². The van der Waals surface area contributed by atoms with Crippen molar-refractivity contribution in [1.29, 1.82) is 0 Å². The zero-order valence-corrected chi connectivity index (χ0v) is 14.8. The summed E-state index contributed by atoms with van der Waals surface area (Å²) in [7, 11) is 0. The summed E-state index contributed by atoms with van der Waals surface area (Å²) >= 11 is 8.27. The number of amides is 1. The van der Waals surface area contributed by atoms with E-state index in [0.29, 0.717) is 17.3 Å². The Hall–Kier alpha value is -0.370. The van der Waals surface area contributed by atoms with E-state index in [2.05, 4.69) is 27.9 Å². The van der Waals surface area contributed by atoms with Gasteiger partial charge in [0.2, 0.25) is 0 Å². The van der Waals surface area contributed by atoms with Gasteiger partial charge in [0.05, 0.1) is 23.4 Å². The molecule has 6 heteroatoms. The fraction of sp³-hybridized carbons (Fsp3) is 0.533. The standard InChI is InChI=1S/C15H19ClINO3/c1-10(21-9-12-4-2-3-7-20-12)15(19)18-14-6-5-11(17)8-13(14)16/h5-6,8,10,12H,2-4,7,9H2,1H3,(H,18,19). The monoisotopic (exact) mass is 423 g/mol. The van der Waals surface area contributed by atoms with Crippen molar-refractivity contribution in [2.24, 2.45) is 0 Å². The Labute approximate surface area is 143 Å². The fourth-order valence-corrected chi connectivity index (χ4v) is 2.99. The molecule has 0 spiro atoms. The lowest BCUT2D eigenvalue weighted by Gasteiger charge is -2.24. The molecule has 1 saturated heterocycles. The van der Waals surface area contributed by atoms with E-state index in [4.69, 9.17) is 21.1 Å². The lowest BCUT2D eigenvalue weighted by Crippen LogP contribution is -2.32. The Morgan fingerprint density at radius 1 is 1.57 bits per heavy atom. The molecule has 21 heavy (non-hydrogen) atoms. The van der Waals surface area contributed by atoms with Crippen molar-refractivity contribution in [3.63, 3.8) is 0 Å². The van der Waals surface area contributed by atoms with Crippen molar-refractivity contribution in [2.75, 3.05) is 18.5 Å². The number of benzene rings is 1. The van der Waals surface area contributed by atoms with Gasteiger partial charge in [0, 0.05) is 10.2 Å². The fourth-order valence-electron chi connectivity index (χ4n) is 2.09. The number of carbonyl (C=O) groups excluding carboxylic acids is 1. The van der Waals surface area contributed by atoms with E-state index in [-0.39, 0.29) is 12.0 Å². The van der Waals surface area contributed by atoms with Gasteiger partial charge in [-0.1, -0.05) is 11.6 Å². The molecule has 1 fully saturated rings. The van der Waals surface area contributed by atoms with E-state index >= 15 is 0 Å². The number of ether oxygens (including phenoxy) is 2. The average Bonchev–Trinajstić information content (AvgIpc) is 2.48. The van der Waals surface area contributed by atoms with E-state index < -0.39 is 6.10 Å². The van der Waals surface area contributed by atoms with Gasteiger partial charge in [0.1, 0.15) is 6.10 Å². The van der Waals surface area contributed by atoms with Gasteiger partial charge in [-0.05, 0) is 67.0 Å². The summed E-state index contributed by atoms with van der Waals surface area (Å²) < 4.78 is 12.2. The first-order valence-electron chi connectivity index (χ1n) is 7.05. The third kappa shape index (κ3) is 5.39. The van der Waals surface area contributed by atoms with Gasteiger partial charge in [0.25, 0.3) is 5.91 Å². The quantitative estimate of drug-likeness (QED) is 0.732. The largest absolute Gasteiger partial charge is 0.376 e. The molecule has 2 rings (SSSR count). The van der Waals surface area contributed by atoms with Gasteiger partial charge in [-0.25, -0.2) is 0 Å². The molecular formula is C15H19ClINO3. The smallest absolute Gasteiger partial charge is 0.253 e. The molecule has 0 saturated carbocycles. The summed E-state index contributed by atoms with van der Waals surface area (Å²) in [5.74, 6) is -0.200. The average molecular weight is 424 g/mol. The summed E-state index contributed by atoms with van der Waals surface area (Å²) in [6.45, 7) is 2.97. The van der Waals surface area contributed by atoms with Crippen LogP contribution < -0.4 is 5.32 Å². The minimum atomic E-state index is -0.536. The predicted octanol–water partition coefficient (Wildman–Crippen LogP) is 3.86. The van der Waals surface area contributed by atoms with Gasteiger partial charge in [-0.2, -0.15) is 0 Å². The first kappa shape index (κ1) is 17.0. The van der Waals surface area contributed by atoms with Crippen molar-refractivity contribution in [2.45, 2.75) is 38.4 Å². The minimum Gasteiger partial charge on any atom is -0.376 e. The second-order valence-electron chi connectivity index (χ2n) is 5.08. The highest BCUT2D eigenvalue weighted by atomic mass is 127. The Morgan fingerprint density at radius 2 is 2.38 bits per heavy atom. The maximum atomic E-state index is 12.1. The van der Waals surface area contributed by atoms with Gasteiger partial charge < -0.3 is 14.8 Å². The number of carbonyl (C=O) groups is 1. The van der Waals surface area contributed by atoms with E-state index in [1.165, 1.54) is 0 Å². The topological polar surface area (TPSA) is 47.6 Å². The minimum absolute atomic E-state index is 0.107. The van der Waals surface area contributed by atoms with Gasteiger partial charge in [-0.15, -0.1) is 0 Å². The van der Waals surface area contributed by atoms with Crippen molar-refractivity contribution < 1.29 is 14.3 Å². The summed E-state index contributed by atoms with van der Waals surface area (Å²) in [6, 6.07) is 5.49. The second-order valence-corrected chi connectivity index (χ2v) is 6.73. The summed E-state index contributed by atoms with van der Waals surface area (Å²) in [4.78, 5) is 12.1. The molecule has 1 heterocycles. The first-order valence-corrected chi connectivity index (χ1v) is 8.51. The number of rotatable bonds is 5. The molecule has 1 N–H and O–H groups in total. The highest BCUT2D eigenvalue weighted by molar-refractivity contribution is 14.1. The maximum Gasteiger partial charge on any atom is 0.253 e. The van der Waals surface area contributed by atoms with Crippen molar-refractivity contribution in [1.82, 2.24) is 0 Å². The van der Waals surface area contributed by atoms with Crippen LogP contribution in [0.2, 0.25) is 5.02 Å². The second kappa shape index (κ2) is 8.31. The number of hydrogen-bond donors (Lipinski definition) is 1. The molecule has 2 atom stereocenters. The molecular weight excluding hydrogens is 405 g/mol. The van der Waals surface area contributed by atoms with Gasteiger partial charge >= 0.3 is 0 Å². The number of anilines is 1. The zero-order chi connectivity index (χ0) is 15.2. The summed E-state index contributed by atoms with van der Waals surface area (Å²) in [5.41, 5.74) is 0.603. The molecule has 1 aromatic rings. The molecule has 0 aromatic heterocycles. The van der Waals surface area contributed by atoms with Crippen LogP contribution in [0.4, 0.5) is 5.69 Å². The summed E-state index contributed by atoms with van der Waals surface area (Å²) in [5, 5.41) is 3.31. The summed E-state index contributed by atoms with van der Waals surface area (Å²) in [6.07, 6.45) is 2.84. The number of hydrogen-bond acceptors (Lipinski definition) is 3. The Kier molecular flexibility index (Phi) is 6.73. The molecule has 2 unspecified atom stereocenters. The molecule has 116 valence electrons. The zero-order valence-electron chi connectivity index (χ0n) is 11.9. The Morgan fingerprint density at radius 3 is 3.05 bits per heavy atom. The number of nitrogens with one attached hydrogen (secondary N) is 1. The van der Waals surface area contributed by atoms with E-state index in [1.54, 1.807) is 19.1 Å². The molecule has 0 radical (unpaired) electrons. The highest BCUT2D eigenvalue weighted by Gasteiger charge is 2.19. The van der Waals surface area contributed by atoms with Crippen molar-refractivity contribution >= 4 is 45.8 Å². The van der Waals surface area contributed by atoms with E-state index in [1.807, 2.05) is 6.07 Å². The molecule has 1 aliphatic rings. The van der Waals surface area contributed by atoms with Crippen LogP contribution >= 0.6 is 34.2 Å². The van der Waals surface area contributed by atoms with Crippen LogP contribution in [0.1, 0.15) is 26.2 Å². The molecule has 1 aliphatic heterocycles. The molecule has 0 aliphatic carbocycles. The predicted molar refractivity (Wildman–Crippen MR) is 91.8 cm³/mol. The maximum absolute atomic E-state index is 12.1. The molecule has 0 bridgehead atoms. The van der Waals surface area contributed by atoms with Crippen molar-refractivity contribution in [3.8, 4) is 0 Å². The third-order valence-electron chi connectivity index (χ3n) is 3.36. The highest BCUT2D eigenvalue weighted by Crippen LogP contribution is 2.24. The van der Waals surface area contributed by atoms with Crippen LogP contribution in [-0.4, -0.2) is 31.3 Å². The molecule has 1 aromatic carbocycles. The molecule has 1 amide bonds.